The van der Waals surface area contributed by atoms with Crippen molar-refractivity contribution in [2.24, 2.45) is 0 Å². The number of benzene rings is 2. The molecule has 1 aromatic heterocycles. The first-order valence-electron chi connectivity index (χ1n) is 9.96. The van der Waals surface area contributed by atoms with Crippen LogP contribution in [0.4, 0.5) is 0 Å². The van der Waals surface area contributed by atoms with Gasteiger partial charge >= 0.3 is 0 Å². The smallest absolute Gasteiger partial charge is 0.254 e. The van der Waals surface area contributed by atoms with Gasteiger partial charge in [-0.3, -0.25) is 14.4 Å². The number of fused-ring (bicyclic) bond motifs is 2. The Labute approximate surface area is 172 Å². The second-order valence-corrected chi connectivity index (χ2v) is 7.70. The minimum Gasteiger partial charge on any atom is -0.348 e. The van der Waals surface area contributed by atoms with E-state index in [9.17, 15) is 14.4 Å². The van der Waals surface area contributed by atoms with E-state index >= 15 is 0 Å². The van der Waals surface area contributed by atoms with Crippen molar-refractivity contribution in [3.63, 3.8) is 0 Å². The van der Waals surface area contributed by atoms with E-state index in [0.29, 0.717) is 25.1 Å². The molecule has 0 spiro atoms. The summed E-state index contributed by atoms with van der Waals surface area (Å²) in [5.41, 5.74) is 1.37. The molecule has 8 nitrogen and oxygen atoms in total. The molecule has 0 aliphatic carbocycles. The van der Waals surface area contributed by atoms with Crippen molar-refractivity contribution in [2.45, 2.75) is 18.5 Å². The molecule has 2 atom stereocenters. The van der Waals surface area contributed by atoms with Crippen LogP contribution >= 0.6 is 0 Å². The second kappa shape index (κ2) is 7.29. The first-order chi connectivity index (χ1) is 14.6. The molecule has 152 valence electrons. The fraction of sp³-hybridized carbons (Fsp3) is 0.273. The summed E-state index contributed by atoms with van der Waals surface area (Å²) < 4.78 is 0. The number of aromatic amines is 1. The molecule has 2 N–H and O–H groups in total. The van der Waals surface area contributed by atoms with Gasteiger partial charge in [0.05, 0.1) is 12.9 Å². The lowest BCUT2D eigenvalue weighted by Gasteiger charge is -2.45. The van der Waals surface area contributed by atoms with Gasteiger partial charge in [-0.25, -0.2) is 4.98 Å². The minimum absolute atomic E-state index is 0.119. The summed E-state index contributed by atoms with van der Waals surface area (Å²) in [5, 5.41) is 4.87. The zero-order valence-corrected chi connectivity index (χ0v) is 16.2. The topological polar surface area (TPSA) is 98.4 Å². The average molecular weight is 403 g/mol. The number of carbonyl (C=O) groups excluding carboxylic acids is 3. The van der Waals surface area contributed by atoms with Crippen molar-refractivity contribution in [3.05, 3.63) is 66.2 Å². The summed E-state index contributed by atoms with van der Waals surface area (Å²) in [6.45, 7) is 0.938. The molecule has 0 saturated carbocycles. The molecule has 2 fully saturated rings. The predicted molar refractivity (Wildman–Crippen MR) is 110 cm³/mol. The molecule has 3 heterocycles. The maximum Gasteiger partial charge on any atom is 0.254 e. The Hall–Kier alpha value is -3.68. The molecule has 2 aromatic carbocycles. The van der Waals surface area contributed by atoms with E-state index in [4.69, 9.17) is 0 Å². The van der Waals surface area contributed by atoms with Crippen LogP contribution in [0.15, 0.2) is 55.0 Å². The third-order valence-corrected chi connectivity index (χ3v) is 5.84. The Kier molecular flexibility index (Phi) is 4.46. The molecule has 2 aliphatic rings. The predicted octanol–water partition coefficient (Wildman–Crippen LogP) is 0.957. The molecule has 8 heteroatoms. The fourth-order valence-electron chi connectivity index (χ4n) is 4.24. The Balaban J connectivity index is 1.31. The summed E-state index contributed by atoms with van der Waals surface area (Å²) in [5.74, 6) is -0.470. The van der Waals surface area contributed by atoms with Crippen LogP contribution in [-0.2, 0) is 16.0 Å². The van der Waals surface area contributed by atoms with Crippen LogP contribution in [0, 0.1) is 0 Å². The SMILES string of the molecule is O=C1N[C@@H](Cc2cnc[nH]2)C(=O)N2CCN(C(=O)c3ccc4ccccc4c3)C[C@H]12. The van der Waals surface area contributed by atoms with E-state index in [1.54, 1.807) is 22.3 Å². The van der Waals surface area contributed by atoms with E-state index in [2.05, 4.69) is 15.3 Å². The maximum absolute atomic E-state index is 13.1. The third-order valence-electron chi connectivity index (χ3n) is 5.84. The van der Waals surface area contributed by atoms with Gasteiger partial charge in [-0.15, -0.1) is 0 Å². The van der Waals surface area contributed by atoms with Crippen LogP contribution in [0.3, 0.4) is 0 Å². The van der Waals surface area contributed by atoms with Crippen LogP contribution in [0.25, 0.3) is 10.8 Å². The van der Waals surface area contributed by atoms with E-state index in [1.807, 2.05) is 42.5 Å². The fourth-order valence-corrected chi connectivity index (χ4v) is 4.24. The number of nitrogens with zero attached hydrogens (tertiary/aromatic N) is 3. The summed E-state index contributed by atoms with van der Waals surface area (Å²) in [6.07, 6.45) is 3.56. The molecule has 0 unspecified atom stereocenters. The number of amides is 3. The van der Waals surface area contributed by atoms with Gasteiger partial charge in [0.2, 0.25) is 11.8 Å². The second-order valence-electron chi connectivity index (χ2n) is 7.70. The van der Waals surface area contributed by atoms with Gasteiger partial charge in [0.15, 0.2) is 0 Å². The highest BCUT2D eigenvalue weighted by Gasteiger charge is 2.44. The maximum atomic E-state index is 13.1. The quantitative estimate of drug-likeness (QED) is 0.681. The van der Waals surface area contributed by atoms with Crippen molar-refractivity contribution in [2.75, 3.05) is 19.6 Å². The van der Waals surface area contributed by atoms with E-state index in [1.165, 1.54) is 0 Å². The first-order valence-corrected chi connectivity index (χ1v) is 9.96. The first kappa shape index (κ1) is 18.4. The van der Waals surface area contributed by atoms with Gasteiger partial charge in [-0.2, -0.15) is 0 Å². The highest BCUT2D eigenvalue weighted by molar-refractivity contribution is 6.01. The highest BCUT2D eigenvalue weighted by Crippen LogP contribution is 2.21. The van der Waals surface area contributed by atoms with Gasteiger partial charge in [-0.1, -0.05) is 30.3 Å². The molecule has 3 aromatic rings. The zero-order chi connectivity index (χ0) is 20.7. The van der Waals surface area contributed by atoms with Crippen LogP contribution in [-0.4, -0.2) is 69.2 Å². The van der Waals surface area contributed by atoms with Gasteiger partial charge < -0.3 is 20.1 Å². The normalized spacial score (nSPS) is 21.5. The third kappa shape index (κ3) is 3.20. The Morgan fingerprint density at radius 1 is 1.10 bits per heavy atom. The summed E-state index contributed by atoms with van der Waals surface area (Å²) in [4.78, 5) is 48.9. The molecular weight excluding hydrogens is 382 g/mol. The summed E-state index contributed by atoms with van der Waals surface area (Å²) in [6, 6.07) is 12.2. The number of hydrogen-bond donors (Lipinski definition) is 2. The number of hydrogen-bond acceptors (Lipinski definition) is 4. The largest absolute Gasteiger partial charge is 0.348 e. The van der Waals surface area contributed by atoms with Gasteiger partial charge in [0.25, 0.3) is 5.91 Å². The van der Waals surface area contributed by atoms with Crippen LogP contribution in [0.1, 0.15) is 16.1 Å². The monoisotopic (exact) mass is 403 g/mol. The zero-order valence-electron chi connectivity index (χ0n) is 16.2. The molecule has 0 radical (unpaired) electrons. The van der Waals surface area contributed by atoms with Crippen molar-refractivity contribution >= 4 is 28.5 Å². The number of rotatable bonds is 3. The molecule has 5 rings (SSSR count). The molecular formula is C22H21N5O3. The standard InChI is InChI=1S/C22H21N5O3/c28-20-19-12-26(21(29)16-6-5-14-3-1-2-4-15(14)9-16)7-8-27(19)22(30)18(25-20)10-17-11-23-13-24-17/h1-6,9,11,13,18-19H,7-8,10,12H2,(H,23,24)(H,25,28)/t18-,19+/m0/s1. The van der Waals surface area contributed by atoms with E-state index in [0.717, 1.165) is 16.5 Å². The van der Waals surface area contributed by atoms with Crippen LogP contribution in [0.5, 0.6) is 0 Å². The van der Waals surface area contributed by atoms with E-state index in [-0.39, 0.29) is 24.3 Å². The molecule has 0 bridgehead atoms. The lowest BCUT2D eigenvalue weighted by molar-refractivity contribution is -0.152. The average Bonchev–Trinajstić information content (AvgIpc) is 3.29. The summed E-state index contributed by atoms with van der Waals surface area (Å²) >= 11 is 0. The van der Waals surface area contributed by atoms with Gasteiger partial charge in [0.1, 0.15) is 12.1 Å². The van der Waals surface area contributed by atoms with Gasteiger partial charge in [-0.05, 0) is 22.9 Å². The number of nitrogens with one attached hydrogen (secondary N) is 2. The van der Waals surface area contributed by atoms with Crippen molar-refractivity contribution in [3.8, 4) is 0 Å². The summed E-state index contributed by atoms with van der Waals surface area (Å²) in [7, 11) is 0. The number of imidazole rings is 1. The molecule has 2 saturated heterocycles. The Morgan fingerprint density at radius 3 is 2.73 bits per heavy atom. The minimum atomic E-state index is -0.659. The molecule has 2 aliphatic heterocycles. The lowest BCUT2D eigenvalue weighted by atomic mass is 10.00. The lowest BCUT2D eigenvalue weighted by Crippen LogP contribution is -2.70. The number of piperazine rings is 2. The van der Waals surface area contributed by atoms with Crippen molar-refractivity contribution < 1.29 is 14.4 Å². The van der Waals surface area contributed by atoms with E-state index < -0.39 is 12.1 Å². The number of aromatic nitrogens is 2. The Bertz CT molecular complexity index is 1130. The van der Waals surface area contributed by atoms with Crippen molar-refractivity contribution in [1.82, 2.24) is 25.1 Å². The molecule has 3 amide bonds. The van der Waals surface area contributed by atoms with Crippen molar-refractivity contribution in [1.29, 1.82) is 0 Å². The van der Waals surface area contributed by atoms with Crippen LogP contribution in [0.2, 0.25) is 0 Å². The Morgan fingerprint density at radius 2 is 1.93 bits per heavy atom. The van der Waals surface area contributed by atoms with Gasteiger partial charge in [0, 0.05) is 37.0 Å². The highest BCUT2D eigenvalue weighted by atomic mass is 16.2. The van der Waals surface area contributed by atoms with Crippen LogP contribution < -0.4 is 5.32 Å². The number of carbonyl (C=O) groups is 3. The number of H-pyrrole nitrogens is 1. The molecule has 30 heavy (non-hydrogen) atoms.